The lowest BCUT2D eigenvalue weighted by molar-refractivity contribution is -0.117. The van der Waals surface area contributed by atoms with Crippen molar-refractivity contribution in [3.63, 3.8) is 0 Å². The average molecular weight is 145 g/mol. The molecule has 11 heavy (non-hydrogen) atoms. The number of carbonyl (C=O) groups excluding carboxylic acids is 1. The van der Waals surface area contributed by atoms with E-state index in [9.17, 15) is 4.79 Å². The van der Waals surface area contributed by atoms with Crippen LogP contribution in [0.1, 0.15) is 13.8 Å². The van der Waals surface area contributed by atoms with Crippen LogP contribution in [0.3, 0.4) is 0 Å². The average Bonchev–Trinajstić information content (AvgIpc) is 1.96. The summed E-state index contributed by atoms with van der Waals surface area (Å²) in [7, 11) is 0. The Morgan fingerprint density at radius 3 is 2.36 bits per heavy atom. The van der Waals surface area contributed by atoms with Crippen molar-refractivity contribution < 1.29 is 4.79 Å². The van der Waals surface area contributed by atoms with Crippen LogP contribution >= 0.6 is 0 Å². The Bertz CT molecular complexity index is 309. The Labute approximate surface area is 66.4 Å². The molecule has 0 aliphatic rings. The maximum absolute atomic E-state index is 10.2. The van der Waals surface area contributed by atoms with Crippen molar-refractivity contribution in [3.05, 3.63) is 0 Å². The summed E-state index contributed by atoms with van der Waals surface area (Å²) in [6.07, 6.45) is 0. The van der Waals surface area contributed by atoms with E-state index >= 15 is 0 Å². The van der Waals surface area contributed by atoms with Crippen LogP contribution in [-0.2, 0) is 4.79 Å². The van der Waals surface area contributed by atoms with Gasteiger partial charge in [-0.05, 0) is 18.8 Å². The third-order valence-corrected chi connectivity index (χ3v) is 0.614. The second kappa shape index (κ2) is 6.27. The van der Waals surface area contributed by atoms with Gasteiger partial charge in [-0.15, -0.1) is 0 Å². The number of rotatable bonds is 0. The molecule has 0 aromatic rings. The van der Waals surface area contributed by atoms with Crippen molar-refractivity contribution in [3.8, 4) is 35.6 Å². The Balaban J connectivity index is 3.81. The first-order valence-electron chi connectivity index (χ1n) is 2.95. The van der Waals surface area contributed by atoms with Crippen molar-refractivity contribution in [1.82, 2.24) is 5.32 Å². The highest BCUT2D eigenvalue weighted by atomic mass is 16.1. The maximum Gasteiger partial charge on any atom is 0.228 e. The summed E-state index contributed by atoms with van der Waals surface area (Å²) in [5.41, 5.74) is 0. The molecule has 2 heteroatoms. The van der Waals surface area contributed by atoms with Gasteiger partial charge >= 0.3 is 0 Å². The van der Waals surface area contributed by atoms with Crippen LogP contribution in [0.2, 0.25) is 0 Å². The van der Waals surface area contributed by atoms with Crippen LogP contribution < -0.4 is 5.32 Å². The molecule has 0 aromatic carbocycles. The van der Waals surface area contributed by atoms with Gasteiger partial charge in [0.1, 0.15) is 0 Å². The minimum absolute atomic E-state index is 0.194. The number of carbonyl (C=O) groups is 1. The first-order chi connectivity index (χ1) is 5.27. The zero-order valence-electron chi connectivity index (χ0n) is 6.41. The van der Waals surface area contributed by atoms with Crippen LogP contribution in [0.5, 0.6) is 0 Å². The Morgan fingerprint density at radius 1 is 1.18 bits per heavy atom. The number of hydrogen-bond acceptors (Lipinski definition) is 1. The molecule has 0 atom stereocenters. The molecule has 1 N–H and O–H groups in total. The highest BCUT2D eigenvalue weighted by molar-refractivity contribution is 5.74. The van der Waals surface area contributed by atoms with Gasteiger partial charge in [0.25, 0.3) is 0 Å². The van der Waals surface area contributed by atoms with Crippen LogP contribution in [0.4, 0.5) is 0 Å². The van der Waals surface area contributed by atoms with Gasteiger partial charge in [0, 0.05) is 24.8 Å². The molecule has 0 saturated heterocycles. The molecule has 0 heterocycles. The van der Waals surface area contributed by atoms with E-state index in [2.05, 4.69) is 41.0 Å². The zero-order valence-corrected chi connectivity index (χ0v) is 6.41. The number of hydrogen-bond donors (Lipinski definition) is 1. The van der Waals surface area contributed by atoms with Gasteiger partial charge in [-0.1, -0.05) is 5.92 Å². The monoisotopic (exact) mass is 145 g/mol. The molecular formula is C9H7NO. The number of nitrogens with one attached hydrogen (secondary N) is 1. The van der Waals surface area contributed by atoms with E-state index in [-0.39, 0.29) is 5.91 Å². The van der Waals surface area contributed by atoms with Crippen molar-refractivity contribution in [2.75, 3.05) is 0 Å². The first kappa shape index (κ1) is 9.15. The van der Waals surface area contributed by atoms with Crippen molar-refractivity contribution in [2.24, 2.45) is 0 Å². The fourth-order valence-corrected chi connectivity index (χ4v) is 0.276. The minimum atomic E-state index is -0.194. The quantitative estimate of drug-likeness (QED) is 0.380. The Morgan fingerprint density at radius 2 is 1.82 bits per heavy atom. The van der Waals surface area contributed by atoms with Crippen LogP contribution in [-0.4, -0.2) is 5.91 Å². The zero-order chi connectivity index (χ0) is 8.53. The fraction of sp³-hybridized carbons (Fsp3) is 0.222. The summed E-state index contributed by atoms with van der Waals surface area (Å²) in [6, 6.07) is 2.35. The van der Waals surface area contributed by atoms with E-state index < -0.39 is 0 Å². The van der Waals surface area contributed by atoms with Gasteiger partial charge in [-0.25, -0.2) is 0 Å². The van der Waals surface area contributed by atoms with Gasteiger partial charge < -0.3 is 0 Å². The smallest absolute Gasteiger partial charge is 0.228 e. The largest absolute Gasteiger partial charge is 0.285 e. The molecule has 0 aromatic heterocycles. The van der Waals surface area contributed by atoms with Gasteiger partial charge in [0.05, 0.1) is 0 Å². The molecule has 0 bridgehead atoms. The summed E-state index contributed by atoms with van der Waals surface area (Å²) < 4.78 is 0. The highest BCUT2D eigenvalue weighted by Gasteiger charge is 1.78. The summed E-state index contributed by atoms with van der Waals surface area (Å²) in [5.74, 6) is 12.2. The van der Waals surface area contributed by atoms with Gasteiger partial charge in [0.2, 0.25) is 5.91 Å². The van der Waals surface area contributed by atoms with E-state index in [0.29, 0.717) is 0 Å². The lowest BCUT2D eigenvalue weighted by Gasteiger charge is -1.80. The molecule has 0 aliphatic heterocycles. The molecule has 0 spiro atoms. The lowest BCUT2D eigenvalue weighted by atomic mass is 10.5. The second-order valence-electron chi connectivity index (χ2n) is 1.56. The van der Waals surface area contributed by atoms with Gasteiger partial charge in [-0.2, -0.15) is 0 Å². The predicted octanol–water partition coefficient (Wildman–Crippen LogP) is 0.110. The Hall–Kier alpha value is -1.85. The summed E-state index contributed by atoms with van der Waals surface area (Å²) in [6.45, 7) is 3.07. The van der Waals surface area contributed by atoms with Crippen molar-refractivity contribution in [2.45, 2.75) is 13.8 Å². The van der Waals surface area contributed by atoms with Gasteiger partial charge in [-0.3, -0.25) is 10.1 Å². The predicted molar refractivity (Wildman–Crippen MR) is 42.8 cm³/mol. The first-order valence-corrected chi connectivity index (χ1v) is 2.95. The molecule has 1 amide bonds. The molecule has 0 saturated carbocycles. The van der Waals surface area contributed by atoms with Gasteiger partial charge in [0.15, 0.2) is 0 Å². The molecule has 54 valence electrons. The Kier molecular flexibility index (Phi) is 5.22. The second-order valence-corrected chi connectivity index (χ2v) is 1.56. The van der Waals surface area contributed by atoms with Crippen LogP contribution in [0, 0.1) is 35.6 Å². The van der Waals surface area contributed by atoms with E-state index in [0.717, 1.165) is 0 Å². The molecule has 0 rings (SSSR count). The normalized spacial score (nSPS) is 5.27. The highest BCUT2D eigenvalue weighted by Crippen LogP contribution is 1.55. The minimum Gasteiger partial charge on any atom is -0.285 e. The lowest BCUT2D eigenvalue weighted by Crippen LogP contribution is -2.11. The molecule has 0 aliphatic carbocycles. The van der Waals surface area contributed by atoms with E-state index in [1.807, 2.05) is 0 Å². The SMILES string of the molecule is CC#CC#CC#CNC(C)=O. The van der Waals surface area contributed by atoms with E-state index in [1.165, 1.54) is 6.92 Å². The standard InChI is InChI=1S/C9H7NO/c1-3-4-5-6-7-8-10-9(2)11/h1-2H3,(H,10,11). The topological polar surface area (TPSA) is 29.1 Å². The maximum atomic E-state index is 10.2. The van der Waals surface area contributed by atoms with E-state index in [4.69, 9.17) is 0 Å². The third kappa shape index (κ3) is 8.15. The van der Waals surface area contributed by atoms with Crippen LogP contribution in [0.15, 0.2) is 0 Å². The third-order valence-electron chi connectivity index (χ3n) is 0.614. The number of amides is 1. The van der Waals surface area contributed by atoms with Crippen molar-refractivity contribution >= 4 is 5.91 Å². The molecular weight excluding hydrogens is 138 g/mol. The molecule has 2 nitrogen and oxygen atoms in total. The summed E-state index contributed by atoms with van der Waals surface area (Å²) >= 11 is 0. The summed E-state index contributed by atoms with van der Waals surface area (Å²) in [4.78, 5) is 10.2. The molecule has 0 radical (unpaired) electrons. The molecule has 0 fully saturated rings. The van der Waals surface area contributed by atoms with Crippen molar-refractivity contribution in [1.29, 1.82) is 0 Å². The van der Waals surface area contributed by atoms with Crippen LogP contribution in [0.25, 0.3) is 0 Å². The van der Waals surface area contributed by atoms with E-state index in [1.54, 1.807) is 6.92 Å². The molecule has 0 unspecified atom stereocenters. The summed E-state index contributed by atoms with van der Waals surface area (Å²) in [5, 5.41) is 2.27. The fourth-order valence-electron chi connectivity index (χ4n) is 0.276.